The van der Waals surface area contributed by atoms with Gasteiger partial charge in [0.2, 0.25) is 17.6 Å². The van der Waals surface area contributed by atoms with Crippen LogP contribution in [-0.4, -0.2) is 153 Å². The van der Waals surface area contributed by atoms with Crippen LogP contribution < -0.4 is 33.6 Å². The number of aliphatic hydroxyl groups excluding tert-OH is 8. The number of ether oxygens (including phenoxy) is 3. The van der Waals surface area contributed by atoms with Crippen molar-refractivity contribution in [2.24, 2.45) is 22.9 Å². The molecule has 2 aliphatic rings. The zero-order valence-corrected chi connectivity index (χ0v) is 22.3. The molecule has 0 aromatic carbocycles. The number of aliphatic hydroxyl groups is 8. The fourth-order valence-electron chi connectivity index (χ4n) is 3.25. The van der Waals surface area contributed by atoms with Crippen molar-refractivity contribution in [2.75, 3.05) is 46.0 Å². The molecule has 18 N–H and O–H groups in total. The normalized spacial score (nSPS) is 33.0. The smallest absolute Gasteiger partial charge is 0.242 e. The first-order valence-electron chi connectivity index (χ1n) is 12.4. The number of nitrogens with two attached hydrogens (primary N) is 4. The largest absolute Gasteiger partial charge is 0.394 e. The first-order chi connectivity index (χ1) is 19.3. The van der Waals surface area contributed by atoms with E-state index in [1.807, 2.05) is 0 Å². The van der Waals surface area contributed by atoms with Crippen LogP contribution in [0.3, 0.4) is 0 Å². The van der Waals surface area contributed by atoms with E-state index in [1.54, 1.807) is 0 Å². The summed E-state index contributed by atoms with van der Waals surface area (Å²) in [6, 6.07) is 0. The van der Waals surface area contributed by atoms with Gasteiger partial charge in [0.25, 0.3) is 0 Å². The lowest BCUT2D eigenvalue weighted by molar-refractivity contribution is -0.383. The summed E-state index contributed by atoms with van der Waals surface area (Å²) in [5.41, 5.74) is 19.8. The van der Waals surface area contributed by atoms with Crippen molar-refractivity contribution < 1.29 is 64.7 Å². The van der Waals surface area contributed by atoms with E-state index >= 15 is 0 Å². The van der Waals surface area contributed by atoms with Gasteiger partial charge >= 0.3 is 0 Å². The van der Waals surface area contributed by atoms with Gasteiger partial charge in [-0.1, -0.05) is 0 Å². The Morgan fingerprint density at radius 2 is 1.27 bits per heavy atom. The molecule has 0 unspecified atom stereocenters. The Hall–Kier alpha value is -2.50. The monoisotopic (exact) mass is 600 g/mol. The molecule has 0 bridgehead atoms. The predicted octanol–water partition coefficient (Wildman–Crippen LogP) is -8.33. The average molecular weight is 601 g/mol. The topological polar surface area (TPSA) is 352 Å². The highest BCUT2D eigenvalue weighted by molar-refractivity contribution is 5.85. The van der Waals surface area contributed by atoms with E-state index in [1.165, 1.54) is 24.6 Å². The molecule has 2 rings (SSSR count). The minimum absolute atomic E-state index is 0.459. The number of nitrogens with one attached hydrogen (secondary N) is 2. The van der Waals surface area contributed by atoms with Gasteiger partial charge in [0.15, 0.2) is 6.29 Å². The Morgan fingerprint density at radius 1 is 0.780 bits per heavy atom. The quantitative estimate of drug-likeness (QED) is 0.0688. The van der Waals surface area contributed by atoms with Crippen molar-refractivity contribution in [2.45, 2.75) is 54.8 Å². The Labute approximate surface area is 236 Å². The Kier molecular flexibility index (Phi) is 19.1. The second-order valence-electron chi connectivity index (χ2n) is 8.52. The van der Waals surface area contributed by atoms with Crippen LogP contribution in [0.4, 0.5) is 0 Å². The molecule has 19 nitrogen and oxygen atoms in total. The number of rotatable bonds is 13. The van der Waals surface area contributed by atoms with Gasteiger partial charge in [0.05, 0.1) is 13.2 Å². The van der Waals surface area contributed by atoms with Crippen LogP contribution in [0.25, 0.3) is 0 Å². The summed E-state index contributed by atoms with van der Waals surface area (Å²) in [5.74, 6) is -3.14. The van der Waals surface area contributed by atoms with E-state index < -0.39 is 86.4 Å². The van der Waals surface area contributed by atoms with Gasteiger partial charge in [-0.3, -0.25) is 9.59 Å². The van der Waals surface area contributed by atoms with E-state index in [4.69, 9.17) is 47.4 Å². The standard InChI is InChI=1S/C12H22O11.2C5H11N3O/c13-1-4-6(16)8(18)9(19)11(21-4)23-12(3-15)10(20)7(17)5(2-14)22-12;2*6-2-4-8-3-1-5(7)9/h4-11,13-20H,1-3H2;2*1,3,8H,2,4,6H2,(H2,7,9)/t4-,5-,6-,7-,8+,9-,10+,11-,12+;;/m1../s1. The number of hydrogen-bond donors (Lipinski definition) is 14. The van der Waals surface area contributed by atoms with E-state index in [0.717, 1.165) is 0 Å². The maximum atomic E-state index is 10.0. The molecule has 240 valence electrons. The van der Waals surface area contributed by atoms with Crippen molar-refractivity contribution in [3.63, 3.8) is 0 Å². The number of primary amides is 2. The van der Waals surface area contributed by atoms with E-state index in [-0.39, 0.29) is 0 Å². The number of carbonyl (C=O) groups excluding carboxylic acids is 2. The molecule has 41 heavy (non-hydrogen) atoms. The van der Waals surface area contributed by atoms with Gasteiger partial charge in [-0.25, -0.2) is 0 Å². The van der Waals surface area contributed by atoms with E-state index in [9.17, 15) is 40.2 Å². The summed E-state index contributed by atoms with van der Waals surface area (Å²) in [6.07, 6.45) is -7.20. The molecule has 0 radical (unpaired) electrons. The van der Waals surface area contributed by atoms with Crippen molar-refractivity contribution in [1.82, 2.24) is 10.6 Å². The second kappa shape index (κ2) is 20.4. The number of amides is 2. The average Bonchev–Trinajstić information content (AvgIpc) is 3.19. The van der Waals surface area contributed by atoms with Crippen LogP contribution in [0, 0.1) is 0 Å². The Balaban J connectivity index is 0.000000733. The van der Waals surface area contributed by atoms with Gasteiger partial charge in [-0.05, 0) is 0 Å². The number of hydrogen-bond acceptors (Lipinski definition) is 17. The molecule has 0 saturated carbocycles. The maximum absolute atomic E-state index is 10.0. The summed E-state index contributed by atoms with van der Waals surface area (Å²) in [5, 5.41) is 82.2. The zero-order chi connectivity index (χ0) is 31.6. The highest BCUT2D eigenvalue weighted by Crippen LogP contribution is 2.35. The van der Waals surface area contributed by atoms with Crippen molar-refractivity contribution in [1.29, 1.82) is 0 Å². The molecule has 2 aliphatic heterocycles. The third-order valence-electron chi connectivity index (χ3n) is 5.38. The van der Waals surface area contributed by atoms with Crippen molar-refractivity contribution in [3.05, 3.63) is 24.6 Å². The molecule has 2 amide bonds. The molecule has 2 fully saturated rings. The molecule has 9 atom stereocenters. The van der Waals surface area contributed by atoms with Crippen molar-refractivity contribution in [3.8, 4) is 0 Å². The predicted molar refractivity (Wildman–Crippen MR) is 139 cm³/mol. The van der Waals surface area contributed by atoms with Crippen LogP contribution in [0.5, 0.6) is 0 Å². The maximum Gasteiger partial charge on any atom is 0.242 e. The summed E-state index contributed by atoms with van der Waals surface area (Å²) in [4.78, 5) is 20.1. The lowest BCUT2D eigenvalue weighted by Crippen LogP contribution is -2.62. The second-order valence-corrected chi connectivity index (χ2v) is 8.52. The van der Waals surface area contributed by atoms with E-state index in [0.29, 0.717) is 26.2 Å². The fraction of sp³-hybridized carbons (Fsp3) is 0.727. The highest BCUT2D eigenvalue weighted by Gasteiger charge is 2.58. The summed E-state index contributed by atoms with van der Waals surface area (Å²) < 4.78 is 15.4. The molecule has 0 aromatic rings. The molecule has 0 aromatic heterocycles. The van der Waals surface area contributed by atoms with Crippen LogP contribution in [0.1, 0.15) is 0 Å². The van der Waals surface area contributed by atoms with Crippen LogP contribution in [0.15, 0.2) is 24.6 Å². The highest BCUT2D eigenvalue weighted by atomic mass is 16.8. The van der Waals surface area contributed by atoms with Gasteiger partial charge in [-0.15, -0.1) is 0 Å². The first-order valence-corrected chi connectivity index (χ1v) is 12.4. The van der Waals surface area contributed by atoms with Gasteiger partial charge < -0.3 is 88.6 Å². The minimum Gasteiger partial charge on any atom is -0.394 e. The lowest BCUT2D eigenvalue weighted by Gasteiger charge is -2.43. The third-order valence-corrected chi connectivity index (χ3v) is 5.38. The van der Waals surface area contributed by atoms with Crippen LogP contribution >= 0.6 is 0 Å². The Bertz CT molecular complexity index is 780. The Morgan fingerprint density at radius 3 is 1.63 bits per heavy atom. The molecule has 19 heteroatoms. The molecular formula is C22H44N6O13. The first kappa shape index (κ1) is 38.5. The van der Waals surface area contributed by atoms with Crippen LogP contribution in [-0.2, 0) is 23.8 Å². The summed E-state index contributed by atoms with van der Waals surface area (Å²) >= 11 is 0. The zero-order valence-electron chi connectivity index (χ0n) is 22.3. The van der Waals surface area contributed by atoms with Gasteiger partial charge in [-0.2, -0.15) is 0 Å². The summed E-state index contributed by atoms with van der Waals surface area (Å²) in [6.45, 7) is 0.0801. The molecule has 2 heterocycles. The van der Waals surface area contributed by atoms with Gasteiger partial charge in [0.1, 0.15) is 49.3 Å². The van der Waals surface area contributed by atoms with Crippen molar-refractivity contribution >= 4 is 11.8 Å². The van der Waals surface area contributed by atoms with E-state index in [2.05, 4.69) is 10.6 Å². The third kappa shape index (κ3) is 12.9. The summed E-state index contributed by atoms with van der Waals surface area (Å²) in [7, 11) is 0. The number of carbonyl (C=O) groups is 2. The minimum atomic E-state index is -2.22. The SMILES string of the molecule is NCCNC=CC(N)=O.NCCNC=CC(N)=O.OC[C@H]1O[C@@](CO)(O[C@H]2O[C@H](CO)[C@@H](O)[C@H](O)[C@H]2O)[C@@H](O)[C@@H]1O. The molecule has 2 saturated heterocycles. The lowest BCUT2D eigenvalue weighted by atomic mass is 9.99. The van der Waals surface area contributed by atoms with Gasteiger partial charge in [0, 0.05) is 50.7 Å². The molecular weight excluding hydrogens is 556 g/mol. The molecule has 0 spiro atoms. The molecule has 0 aliphatic carbocycles. The fourth-order valence-corrected chi connectivity index (χ4v) is 3.25. The van der Waals surface area contributed by atoms with Crippen LogP contribution in [0.2, 0.25) is 0 Å².